The predicted octanol–water partition coefficient (Wildman–Crippen LogP) is 16.4. The van der Waals surface area contributed by atoms with Crippen LogP contribution in [0.5, 0.6) is 0 Å². The Bertz CT molecular complexity index is 5560. The fraction of sp³-hybridized carbons (Fsp3) is 0.276. The van der Waals surface area contributed by atoms with Crippen molar-refractivity contribution in [2.75, 3.05) is 102 Å². The fourth-order valence-electron chi connectivity index (χ4n) is 11.6. The van der Waals surface area contributed by atoms with Gasteiger partial charge in [-0.25, -0.2) is 53.3 Å². The van der Waals surface area contributed by atoms with Gasteiger partial charge >= 0.3 is 48.1 Å². The molecule has 0 spiro atoms. The molecule has 6 aromatic carbocycles. The first-order chi connectivity index (χ1) is 55.6. The Morgan fingerprint density at radius 3 is 1.33 bits per heavy atom. The smallest absolute Gasteiger partial charge is 0.412 e. The number of rotatable bonds is 9. The monoisotopic (exact) mass is 1630 g/mol. The number of nitrogens with two attached hydrogens (primary N) is 1. The minimum atomic E-state index is -0.950. The second-order valence-electron chi connectivity index (χ2n) is 29.3. The molecule has 0 aliphatic carbocycles. The van der Waals surface area contributed by atoms with Gasteiger partial charge in [0.2, 0.25) is 5.52 Å². The van der Waals surface area contributed by atoms with Crippen molar-refractivity contribution in [2.24, 2.45) is 0 Å². The van der Waals surface area contributed by atoms with E-state index in [4.69, 9.17) is 46.4 Å². The lowest BCUT2D eigenvalue weighted by molar-refractivity contribution is -0.577. The zero-order valence-corrected chi connectivity index (χ0v) is 68.6. The first kappa shape index (κ1) is 87.7. The number of esters is 4. The van der Waals surface area contributed by atoms with E-state index in [-0.39, 0.29) is 35.7 Å². The lowest BCUT2D eigenvalue weighted by Gasteiger charge is -2.36. The summed E-state index contributed by atoms with van der Waals surface area (Å²) in [5.41, 5.74) is 12.5. The highest BCUT2D eigenvalue weighted by Crippen LogP contribution is 2.31. The highest BCUT2D eigenvalue weighted by molar-refractivity contribution is 7.13. The van der Waals surface area contributed by atoms with Crippen LogP contribution in [0.4, 0.5) is 37.4 Å². The van der Waals surface area contributed by atoms with Crippen molar-refractivity contribution in [3.8, 4) is 10.4 Å². The average Bonchev–Trinajstić information content (AvgIpc) is 1.65. The van der Waals surface area contributed by atoms with Crippen LogP contribution in [-0.4, -0.2) is 181 Å². The Morgan fingerprint density at radius 2 is 0.889 bits per heavy atom. The van der Waals surface area contributed by atoms with E-state index in [2.05, 4.69) is 44.3 Å². The van der Waals surface area contributed by atoms with E-state index < -0.39 is 34.8 Å². The quantitative estimate of drug-likeness (QED) is 0.0302. The van der Waals surface area contributed by atoms with Gasteiger partial charge in [-0.3, -0.25) is 10.3 Å². The van der Waals surface area contributed by atoms with Crippen molar-refractivity contribution in [3.05, 3.63) is 238 Å². The van der Waals surface area contributed by atoms with E-state index in [9.17, 15) is 43.6 Å². The number of hydrogen-bond donors (Lipinski definition) is 3. The van der Waals surface area contributed by atoms with Crippen LogP contribution in [0.2, 0.25) is 5.15 Å². The summed E-state index contributed by atoms with van der Waals surface area (Å²) in [5, 5.41) is 29.7. The van der Waals surface area contributed by atoms with Crippen molar-refractivity contribution in [1.29, 1.82) is 0 Å². The van der Waals surface area contributed by atoms with Crippen molar-refractivity contribution >= 4 is 149 Å². The molecule has 0 bridgehead atoms. The van der Waals surface area contributed by atoms with E-state index in [1.807, 2.05) is 147 Å². The largest absolute Gasteiger partial charge is 0.618 e. The number of carbonyl (C=O) groups excluding carboxylic acids is 7. The topological polar surface area (TPSA) is 351 Å². The van der Waals surface area contributed by atoms with Gasteiger partial charge < -0.3 is 68.8 Å². The molecule has 2 saturated heterocycles. The van der Waals surface area contributed by atoms with Crippen molar-refractivity contribution < 1.29 is 81.4 Å². The van der Waals surface area contributed by atoms with E-state index in [1.54, 1.807) is 130 Å². The van der Waals surface area contributed by atoms with Crippen LogP contribution in [0, 0.1) is 5.21 Å². The zero-order valence-electron chi connectivity index (χ0n) is 67.1. The summed E-state index contributed by atoms with van der Waals surface area (Å²) in [6, 6.07) is 53.3. The molecule has 117 heavy (non-hydrogen) atoms. The Morgan fingerprint density at radius 1 is 0.470 bits per heavy atom. The minimum absolute atomic E-state index is 0.248. The molecule has 8 heterocycles. The van der Waals surface area contributed by atoms with Crippen LogP contribution >= 0.6 is 22.9 Å². The number of carboxylic acids is 1. The molecular weight excluding hydrogens is 1540 g/mol. The van der Waals surface area contributed by atoms with Crippen molar-refractivity contribution in [1.82, 2.24) is 29.7 Å². The maximum absolute atomic E-state index is 12.2. The molecule has 6 aromatic heterocycles. The van der Waals surface area contributed by atoms with Gasteiger partial charge in [-0.1, -0.05) is 29.8 Å². The molecule has 2 aliphatic heterocycles. The number of nitrogen functional groups attached to an aromatic ring is 1. The normalized spacial score (nSPS) is 12.6. The van der Waals surface area contributed by atoms with Crippen LogP contribution in [0.3, 0.4) is 0 Å². The number of aromatic nitrogens is 5. The Hall–Kier alpha value is -13.3. The van der Waals surface area contributed by atoms with Gasteiger partial charge in [0.15, 0.2) is 6.20 Å². The maximum atomic E-state index is 12.2. The lowest BCUT2D eigenvalue weighted by atomic mass is 10.1. The summed E-state index contributed by atoms with van der Waals surface area (Å²) in [5.74, 6) is -0.712. The number of methoxy groups -OCH3 is 4. The zero-order chi connectivity index (χ0) is 84.9. The number of pyridine rings is 5. The molecule has 610 valence electrons. The number of nitrogens with zero attached hydrogens (tertiary/aromatic N) is 9. The highest BCUT2D eigenvalue weighted by atomic mass is 35.5. The number of carbonyl (C=O) groups is 8. The average molecular weight is 1630 g/mol. The van der Waals surface area contributed by atoms with Crippen LogP contribution < -0.4 is 25.6 Å². The van der Waals surface area contributed by atoms with E-state index in [1.165, 1.54) is 34.6 Å². The van der Waals surface area contributed by atoms with E-state index in [0.29, 0.717) is 96.7 Å². The number of aromatic carboxylic acids is 1. The third kappa shape index (κ3) is 25.4. The molecule has 0 saturated carbocycles. The van der Waals surface area contributed by atoms with E-state index >= 15 is 0 Å². The Labute approximate surface area is 685 Å². The van der Waals surface area contributed by atoms with Crippen molar-refractivity contribution in [3.63, 3.8) is 0 Å². The summed E-state index contributed by atoms with van der Waals surface area (Å²) in [6.07, 6.45) is 2.07. The summed E-state index contributed by atoms with van der Waals surface area (Å²) in [7, 11) is 5.42. The van der Waals surface area contributed by atoms with E-state index in [0.717, 1.165) is 75.8 Å². The standard InChI is InChI=1S/C20H25N3O4.C19H23N3O4.C15H18N2O2S.C11H8ClNO2.C11H9NO3.C11H9NO2/c1-20(2,3)27-19(25)23-11-9-22(10-12-23)17-8-6-14-13-15(18(24)26-4)5-7-16(14)21-17;1-19(2,3)26-18(25)22-10-8-21(9-11-22)16-7-5-13-12-14(17(23)24)4-6-15(13)20-16;1-15(2,3)19-14(18)17-12-7-6-10(9-11(12)16)13-5-4-8-20-13;1-15-11(14)8-2-4-9-7(6-8)3-5-10(12)13-9;1-15-11(13)9-4-5-10-8(7-9)3-2-6-12(10)14;1-14-11(13)9-4-5-10-8(7-9)3-2-6-12-10/h5-8,13H,9-12H2,1-4H3;4-7,12H,8-11H2,1-3H3,(H,23,24);4-9H,16H2,1-3H3,(H,17,18);2-6H,1H3;2-7H,1H3;2-7H,1H3. The third-order valence-corrected chi connectivity index (χ3v) is 18.4. The summed E-state index contributed by atoms with van der Waals surface area (Å²) < 4.78 is 35.4. The Balaban J connectivity index is 0.000000163. The Kier molecular flexibility index (Phi) is 29.7. The number of piperazine rings is 2. The molecule has 2 aliphatic rings. The van der Waals surface area contributed by atoms with Gasteiger partial charge in [-0.15, -0.1) is 11.3 Å². The number of carboxylic acid groups (broad SMARTS) is 1. The van der Waals surface area contributed by atoms with Gasteiger partial charge in [-0.2, -0.15) is 4.73 Å². The molecule has 0 unspecified atom stereocenters. The molecule has 0 atom stereocenters. The lowest BCUT2D eigenvalue weighted by Crippen LogP contribution is -2.50. The first-order valence-corrected chi connectivity index (χ1v) is 38.1. The minimum Gasteiger partial charge on any atom is -0.618 e. The second kappa shape index (κ2) is 39.7. The fourth-order valence-corrected chi connectivity index (χ4v) is 12.5. The molecule has 2 fully saturated rings. The highest BCUT2D eigenvalue weighted by Gasteiger charge is 2.29. The van der Waals surface area contributed by atoms with Gasteiger partial charge in [0.25, 0.3) is 0 Å². The number of ether oxygens (including phenoxy) is 7. The third-order valence-electron chi connectivity index (χ3n) is 17.3. The molecule has 30 heteroatoms. The number of halogens is 1. The molecule has 4 N–H and O–H groups in total. The van der Waals surface area contributed by atoms with Gasteiger partial charge in [0, 0.05) is 102 Å². The number of benzene rings is 6. The molecule has 3 amide bonds. The number of amides is 3. The molecule has 12 aromatic rings. The van der Waals surface area contributed by atoms with Crippen LogP contribution in [0.15, 0.2) is 200 Å². The maximum Gasteiger partial charge on any atom is 0.412 e. The number of hydrogen-bond acceptors (Lipinski definition) is 24. The number of thiophene rings is 1. The molecular formula is C87H92ClN11O17S. The van der Waals surface area contributed by atoms with Crippen LogP contribution in [0.1, 0.15) is 114 Å². The number of anilines is 4. The summed E-state index contributed by atoms with van der Waals surface area (Å²) >= 11 is 7.39. The molecule has 0 radical (unpaired) electrons. The van der Waals surface area contributed by atoms with Gasteiger partial charge in [0.05, 0.1) is 89.7 Å². The first-order valence-electron chi connectivity index (χ1n) is 36.9. The van der Waals surface area contributed by atoms with Gasteiger partial charge in [0.1, 0.15) is 33.6 Å². The predicted molar refractivity (Wildman–Crippen MR) is 451 cm³/mol. The van der Waals surface area contributed by atoms with Crippen LogP contribution in [0.25, 0.3) is 65.0 Å². The van der Waals surface area contributed by atoms with Crippen molar-refractivity contribution in [2.45, 2.75) is 79.1 Å². The second-order valence-corrected chi connectivity index (χ2v) is 30.6. The number of nitrogens with one attached hydrogen (secondary N) is 1. The number of fused-ring (bicyclic) bond motifs is 5. The molecule has 28 nitrogen and oxygen atoms in total. The van der Waals surface area contributed by atoms with Gasteiger partial charge in [-0.05, 0) is 225 Å². The van der Waals surface area contributed by atoms with Crippen LogP contribution in [-0.2, 0) is 33.2 Å². The molecule has 14 rings (SSSR count). The SMILES string of the molecule is CC(C)(C)OC(=O)N1CCN(c2ccc3cc(C(=O)O)ccc3n2)CC1.CC(C)(C)OC(=O)Nc1ccc(-c2cccs2)cc1N.COC(=O)c1ccc2c(ccc[n+]2[O-])c1.COC(=O)c1ccc2nc(Cl)ccc2c1.COC(=O)c1ccc2nc(N3CCN(C(=O)OC(C)(C)C)CC3)ccc2c1.COC(=O)c1ccc2ncccc2c1. The summed E-state index contributed by atoms with van der Waals surface area (Å²) in [4.78, 5) is 119. The summed E-state index contributed by atoms with van der Waals surface area (Å²) in [6.45, 7) is 21.7.